The lowest BCUT2D eigenvalue weighted by atomic mass is 10.4. The average Bonchev–Trinajstić information content (AvgIpc) is 2.96. The zero-order valence-corrected chi connectivity index (χ0v) is 17.3. The molecule has 0 bridgehead atoms. The van der Waals surface area contributed by atoms with E-state index in [0.29, 0.717) is 0 Å². The summed E-state index contributed by atoms with van der Waals surface area (Å²) in [6.07, 6.45) is 11.1. The van der Waals surface area contributed by atoms with E-state index in [1.54, 1.807) is 27.7 Å². The molecule has 0 aromatic carbocycles. The van der Waals surface area contributed by atoms with Gasteiger partial charge in [-0.25, -0.2) is 0 Å². The highest BCUT2D eigenvalue weighted by Crippen LogP contribution is 2.55. The quantitative estimate of drug-likeness (QED) is 0.439. The summed E-state index contributed by atoms with van der Waals surface area (Å²) in [6, 6.07) is 0. The summed E-state index contributed by atoms with van der Waals surface area (Å²) >= 11 is 1.01. The molecule has 0 atom stereocenters. The summed E-state index contributed by atoms with van der Waals surface area (Å²) in [5, 5.41) is 0.00349. The minimum absolute atomic E-state index is 0.00174. The average molecular weight is 404 g/mol. The zero-order valence-electron chi connectivity index (χ0n) is 14.7. The molecule has 1 aromatic rings. The number of hydrogen-bond donors (Lipinski definition) is 0. The van der Waals surface area contributed by atoms with Crippen molar-refractivity contribution in [3.05, 3.63) is 9.75 Å². The Bertz CT molecular complexity index is 688. The van der Waals surface area contributed by atoms with E-state index in [1.807, 2.05) is 0 Å². The van der Waals surface area contributed by atoms with E-state index in [2.05, 4.69) is 11.8 Å². The summed E-state index contributed by atoms with van der Waals surface area (Å²) < 4.78 is 48.3. The first kappa shape index (κ1) is 22.2. The van der Waals surface area contributed by atoms with Gasteiger partial charge in [0.25, 0.3) is 0 Å². The molecule has 9 heteroatoms. The molecule has 0 saturated carbocycles. The Balaban J connectivity index is 3.87. The molecule has 0 saturated heterocycles. The van der Waals surface area contributed by atoms with Crippen molar-refractivity contribution in [3.8, 4) is 24.7 Å². The molecule has 0 aliphatic heterocycles. The molecule has 1 rings (SSSR count). The molecule has 138 valence electrons. The van der Waals surface area contributed by atoms with Crippen molar-refractivity contribution < 1.29 is 27.2 Å². The Labute approximate surface area is 153 Å². The molecule has 0 aliphatic carbocycles. The fourth-order valence-corrected chi connectivity index (χ4v) is 8.07. The van der Waals surface area contributed by atoms with Gasteiger partial charge in [0.15, 0.2) is 0 Å². The van der Waals surface area contributed by atoms with Crippen LogP contribution in [0.15, 0.2) is 0 Å². The van der Waals surface area contributed by atoms with Crippen molar-refractivity contribution >= 4 is 37.1 Å². The largest absolute Gasteiger partial charge is 0.364 e. The predicted octanol–water partition coefficient (Wildman–Crippen LogP) is 3.49. The van der Waals surface area contributed by atoms with E-state index in [1.165, 1.54) is 0 Å². The third-order valence-electron chi connectivity index (χ3n) is 2.86. The van der Waals surface area contributed by atoms with Gasteiger partial charge in [-0.1, -0.05) is 11.8 Å². The Morgan fingerprint density at radius 2 is 1.04 bits per heavy atom. The standard InChI is InChI=1S/C16H22O6P2S/c1-7-13-15(23(17,19-9-3)20-10-4)16(14(8-2)25-13)24(18,21-11-5)22-12-6/h1-2H,9-12H2,3-6H3. The molecule has 0 unspecified atom stereocenters. The van der Waals surface area contributed by atoms with Crippen LogP contribution in [0.2, 0.25) is 0 Å². The van der Waals surface area contributed by atoms with Gasteiger partial charge in [-0.05, 0) is 27.7 Å². The maximum atomic E-state index is 13.4. The fourth-order valence-electron chi connectivity index (χ4n) is 2.13. The number of hydrogen-bond acceptors (Lipinski definition) is 7. The van der Waals surface area contributed by atoms with Crippen LogP contribution in [0.3, 0.4) is 0 Å². The van der Waals surface area contributed by atoms with Gasteiger partial charge in [-0.15, -0.1) is 24.2 Å². The van der Waals surface area contributed by atoms with E-state index in [-0.39, 0.29) is 46.8 Å². The van der Waals surface area contributed by atoms with E-state index < -0.39 is 15.2 Å². The van der Waals surface area contributed by atoms with Crippen LogP contribution in [-0.4, -0.2) is 26.4 Å². The van der Waals surface area contributed by atoms with Gasteiger partial charge in [-0.3, -0.25) is 9.13 Å². The highest BCUT2D eigenvalue weighted by atomic mass is 32.1. The number of thiophene rings is 1. The highest BCUT2D eigenvalue weighted by Gasteiger charge is 2.44. The molecule has 0 radical (unpaired) electrons. The Morgan fingerprint density at radius 3 is 1.24 bits per heavy atom. The monoisotopic (exact) mass is 404 g/mol. The van der Waals surface area contributed by atoms with Crippen LogP contribution in [0.1, 0.15) is 37.4 Å². The predicted molar refractivity (Wildman–Crippen MR) is 101 cm³/mol. The molecule has 0 spiro atoms. The highest BCUT2D eigenvalue weighted by molar-refractivity contribution is 7.70. The van der Waals surface area contributed by atoms with E-state index in [0.717, 1.165) is 11.3 Å². The molecule has 25 heavy (non-hydrogen) atoms. The molecule has 0 amide bonds. The van der Waals surface area contributed by atoms with Crippen molar-refractivity contribution in [2.24, 2.45) is 0 Å². The molecule has 0 aliphatic rings. The molecular formula is C16H22O6P2S. The second kappa shape index (κ2) is 9.72. The Morgan fingerprint density at radius 1 is 0.760 bits per heavy atom. The molecule has 0 fully saturated rings. The lowest BCUT2D eigenvalue weighted by molar-refractivity contribution is 0.226. The Hall–Kier alpha value is -0.880. The minimum atomic E-state index is -3.86. The molecular weight excluding hydrogens is 382 g/mol. The number of rotatable bonds is 10. The van der Waals surface area contributed by atoms with Crippen LogP contribution in [0, 0.1) is 24.7 Å². The molecule has 6 nitrogen and oxygen atoms in total. The molecule has 1 heterocycles. The van der Waals surface area contributed by atoms with E-state index >= 15 is 0 Å². The van der Waals surface area contributed by atoms with Crippen molar-refractivity contribution in [1.82, 2.24) is 0 Å². The summed E-state index contributed by atoms with van der Waals surface area (Å²) in [5.41, 5.74) is 0. The van der Waals surface area contributed by atoms with Gasteiger partial charge in [-0.2, -0.15) is 0 Å². The van der Waals surface area contributed by atoms with Gasteiger partial charge >= 0.3 is 15.2 Å². The third-order valence-corrected chi connectivity index (χ3v) is 8.78. The molecule has 1 aromatic heterocycles. The minimum Gasteiger partial charge on any atom is -0.305 e. The van der Waals surface area contributed by atoms with Crippen LogP contribution in [0.25, 0.3) is 0 Å². The van der Waals surface area contributed by atoms with Gasteiger partial charge < -0.3 is 18.1 Å². The Kier molecular flexibility index (Phi) is 8.61. The fraction of sp³-hybridized carbons (Fsp3) is 0.500. The smallest absolute Gasteiger partial charge is 0.305 e. The van der Waals surface area contributed by atoms with Crippen molar-refractivity contribution in [2.75, 3.05) is 26.4 Å². The maximum Gasteiger partial charge on any atom is 0.364 e. The molecule has 0 N–H and O–H groups in total. The summed E-state index contributed by atoms with van der Waals surface area (Å²) in [5.74, 6) is 4.86. The lowest BCUT2D eigenvalue weighted by Crippen LogP contribution is -2.29. The van der Waals surface area contributed by atoms with Crippen LogP contribution in [0.5, 0.6) is 0 Å². The van der Waals surface area contributed by atoms with Gasteiger partial charge in [0, 0.05) is 0 Å². The van der Waals surface area contributed by atoms with Crippen LogP contribution >= 0.6 is 26.5 Å². The second-order valence-electron chi connectivity index (χ2n) is 4.41. The summed E-state index contributed by atoms with van der Waals surface area (Å²) in [6.45, 7) is 7.09. The zero-order chi connectivity index (χ0) is 19.1. The summed E-state index contributed by atoms with van der Waals surface area (Å²) in [4.78, 5) is 0.459. The van der Waals surface area contributed by atoms with Crippen molar-refractivity contribution in [1.29, 1.82) is 0 Å². The van der Waals surface area contributed by atoms with Gasteiger partial charge in [0.1, 0.15) is 10.6 Å². The first-order chi connectivity index (χ1) is 11.9. The second-order valence-corrected chi connectivity index (χ2v) is 9.35. The van der Waals surface area contributed by atoms with Crippen molar-refractivity contribution in [3.63, 3.8) is 0 Å². The van der Waals surface area contributed by atoms with E-state index in [4.69, 9.17) is 30.9 Å². The van der Waals surface area contributed by atoms with Crippen LogP contribution in [-0.2, 0) is 27.2 Å². The third kappa shape index (κ3) is 4.64. The lowest BCUT2D eigenvalue weighted by Gasteiger charge is -2.22. The number of terminal acetylenes is 2. The first-order valence-corrected chi connectivity index (χ1v) is 11.7. The SMILES string of the molecule is C#Cc1sc(C#C)c(P(=O)(OCC)OCC)c1P(=O)(OCC)OCC. The van der Waals surface area contributed by atoms with Crippen LogP contribution in [0.4, 0.5) is 0 Å². The summed E-state index contributed by atoms with van der Waals surface area (Å²) in [7, 11) is -7.72. The first-order valence-electron chi connectivity index (χ1n) is 7.76. The van der Waals surface area contributed by atoms with Gasteiger partial charge in [0.05, 0.1) is 36.2 Å². The van der Waals surface area contributed by atoms with Crippen molar-refractivity contribution in [2.45, 2.75) is 27.7 Å². The van der Waals surface area contributed by atoms with Crippen LogP contribution < -0.4 is 10.6 Å². The van der Waals surface area contributed by atoms with Gasteiger partial charge in [0.2, 0.25) is 0 Å². The normalized spacial score (nSPS) is 11.9. The maximum absolute atomic E-state index is 13.4. The topological polar surface area (TPSA) is 71.1 Å². The van der Waals surface area contributed by atoms with E-state index in [9.17, 15) is 9.13 Å².